The van der Waals surface area contributed by atoms with Crippen LogP contribution in [-0.2, 0) is 41.8 Å². The standard InChI is InChI=1S/C45H84O14P2/c1-4-5-6-7-8-9-10-12-16-19-22-25-28-32-41(46)33-30-35-45(49)59-43(39-58-61(53,54)57-37-42(47)36-56-60(50,51)52)38-55-44(48)34-29-26-23-20-17-14-11-13-15-18-21-24-27-31-40(2)3/h12,16,22,25,28,32,40-43,46-47H,4-11,13-15,17-21,23-24,26-27,29-31,33-39H2,1-3H3,(H,53,54)(H2,50,51,52)/b16-12+,25-22+,32-28+/t41?,42-,43+/m0/s1. The summed E-state index contributed by atoms with van der Waals surface area (Å²) in [5.74, 6) is -0.427. The topological polar surface area (TPSA) is 216 Å². The van der Waals surface area contributed by atoms with Gasteiger partial charge in [0.15, 0.2) is 6.10 Å². The van der Waals surface area contributed by atoms with Crippen molar-refractivity contribution >= 4 is 27.6 Å². The Morgan fingerprint density at radius 2 is 1.11 bits per heavy atom. The Kier molecular flexibility index (Phi) is 38.7. The van der Waals surface area contributed by atoms with Gasteiger partial charge in [-0.05, 0) is 44.4 Å². The first kappa shape index (κ1) is 59.3. The molecule has 0 amide bonds. The largest absolute Gasteiger partial charge is 0.472 e. The van der Waals surface area contributed by atoms with Crippen molar-refractivity contribution in [3.63, 3.8) is 0 Å². The summed E-state index contributed by atoms with van der Waals surface area (Å²) in [5.41, 5.74) is 0. The number of phosphoric acid groups is 2. The molecule has 16 heteroatoms. The fourth-order valence-corrected chi connectivity index (χ4v) is 7.40. The van der Waals surface area contributed by atoms with Crippen molar-refractivity contribution in [2.75, 3.05) is 26.4 Å². The van der Waals surface area contributed by atoms with Gasteiger partial charge in [0.05, 0.1) is 25.9 Å². The second-order valence-corrected chi connectivity index (χ2v) is 19.1. The number of aliphatic hydroxyl groups is 2. The maximum atomic E-state index is 12.7. The van der Waals surface area contributed by atoms with Gasteiger partial charge < -0.3 is 34.4 Å². The fraction of sp³-hybridized carbons (Fsp3) is 0.822. The average molecular weight is 911 g/mol. The van der Waals surface area contributed by atoms with E-state index in [4.69, 9.17) is 23.8 Å². The molecule has 358 valence electrons. The molecule has 61 heavy (non-hydrogen) atoms. The van der Waals surface area contributed by atoms with Gasteiger partial charge in [0.2, 0.25) is 0 Å². The third-order valence-corrected chi connectivity index (χ3v) is 11.2. The van der Waals surface area contributed by atoms with Crippen LogP contribution >= 0.6 is 15.6 Å². The van der Waals surface area contributed by atoms with E-state index in [9.17, 15) is 33.8 Å². The lowest BCUT2D eigenvalue weighted by Gasteiger charge is -2.20. The van der Waals surface area contributed by atoms with Crippen molar-refractivity contribution < 1.29 is 66.7 Å². The highest BCUT2D eigenvalue weighted by Gasteiger charge is 2.28. The molecule has 0 bridgehead atoms. The number of aliphatic hydroxyl groups excluding tert-OH is 2. The second kappa shape index (κ2) is 39.9. The predicted molar refractivity (Wildman–Crippen MR) is 241 cm³/mol. The molecule has 0 aromatic carbocycles. The number of esters is 2. The molecule has 0 saturated carbocycles. The van der Waals surface area contributed by atoms with E-state index < -0.39 is 72.3 Å². The average Bonchev–Trinajstić information content (AvgIpc) is 3.20. The van der Waals surface area contributed by atoms with Crippen LogP contribution in [0.15, 0.2) is 36.5 Å². The van der Waals surface area contributed by atoms with Gasteiger partial charge in [0.1, 0.15) is 12.7 Å². The summed E-state index contributed by atoms with van der Waals surface area (Å²) in [7, 11) is -9.74. The van der Waals surface area contributed by atoms with E-state index in [2.05, 4.69) is 42.0 Å². The Bertz CT molecular complexity index is 1250. The first-order valence-electron chi connectivity index (χ1n) is 23.1. The lowest BCUT2D eigenvalue weighted by atomic mass is 10.0. The summed E-state index contributed by atoms with van der Waals surface area (Å²) < 4.78 is 47.7. The smallest absolute Gasteiger partial charge is 0.462 e. The van der Waals surface area contributed by atoms with Crippen LogP contribution in [0.5, 0.6) is 0 Å². The molecule has 5 N–H and O–H groups in total. The monoisotopic (exact) mass is 911 g/mol. The molecule has 0 saturated heterocycles. The van der Waals surface area contributed by atoms with Crippen LogP contribution in [0.4, 0.5) is 0 Å². The Balaban J connectivity index is 4.65. The number of allylic oxidation sites excluding steroid dienone is 5. The lowest BCUT2D eigenvalue weighted by Crippen LogP contribution is -2.30. The zero-order chi connectivity index (χ0) is 45.5. The van der Waals surface area contributed by atoms with E-state index in [-0.39, 0.29) is 25.7 Å². The minimum Gasteiger partial charge on any atom is -0.462 e. The van der Waals surface area contributed by atoms with Gasteiger partial charge in [0.25, 0.3) is 0 Å². The minimum atomic E-state index is -4.88. The van der Waals surface area contributed by atoms with Gasteiger partial charge in [-0.1, -0.05) is 173 Å². The molecule has 0 aromatic heterocycles. The number of phosphoric ester groups is 2. The predicted octanol–water partition coefficient (Wildman–Crippen LogP) is 10.9. The van der Waals surface area contributed by atoms with E-state index in [0.717, 1.165) is 38.0 Å². The summed E-state index contributed by atoms with van der Waals surface area (Å²) in [6, 6.07) is 0. The number of rotatable bonds is 43. The Hall–Kier alpha value is -1.70. The molecule has 2 unspecified atom stereocenters. The van der Waals surface area contributed by atoms with Crippen LogP contribution < -0.4 is 0 Å². The van der Waals surface area contributed by atoms with Gasteiger partial charge in [0, 0.05) is 12.8 Å². The van der Waals surface area contributed by atoms with Crippen molar-refractivity contribution in [3.8, 4) is 0 Å². The molecule has 0 heterocycles. The molecule has 0 aliphatic carbocycles. The van der Waals surface area contributed by atoms with Crippen LogP contribution in [0, 0.1) is 5.92 Å². The molecule has 0 spiro atoms. The molecule has 0 aromatic rings. The fourth-order valence-electron chi connectivity index (χ4n) is 6.25. The van der Waals surface area contributed by atoms with Crippen molar-refractivity contribution in [2.45, 2.75) is 206 Å². The number of hydrogen-bond acceptors (Lipinski definition) is 11. The first-order valence-corrected chi connectivity index (χ1v) is 26.2. The van der Waals surface area contributed by atoms with Crippen molar-refractivity contribution in [1.29, 1.82) is 0 Å². The van der Waals surface area contributed by atoms with E-state index in [1.807, 2.05) is 12.2 Å². The highest BCUT2D eigenvalue weighted by molar-refractivity contribution is 7.47. The van der Waals surface area contributed by atoms with Crippen molar-refractivity contribution in [3.05, 3.63) is 36.5 Å². The van der Waals surface area contributed by atoms with Crippen LogP contribution in [0.3, 0.4) is 0 Å². The minimum absolute atomic E-state index is 0.0911. The maximum absolute atomic E-state index is 12.7. The van der Waals surface area contributed by atoms with E-state index in [0.29, 0.717) is 6.42 Å². The third-order valence-electron chi connectivity index (χ3n) is 9.80. The van der Waals surface area contributed by atoms with Gasteiger partial charge in [-0.2, -0.15) is 0 Å². The lowest BCUT2D eigenvalue weighted by molar-refractivity contribution is -0.161. The number of carbonyl (C=O) groups excluding carboxylic acids is 2. The highest BCUT2D eigenvalue weighted by atomic mass is 31.2. The molecular formula is C45H84O14P2. The number of hydrogen-bond donors (Lipinski definition) is 5. The molecule has 0 aliphatic heterocycles. The van der Waals surface area contributed by atoms with E-state index in [1.54, 1.807) is 12.2 Å². The van der Waals surface area contributed by atoms with E-state index >= 15 is 0 Å². The summed E-state index contributed by atoms with van der Waals surface area (Å²) in [5, 5.41) is 20.1. The summed E-state index contributed by atoms with van der Waals surface area (Å²) in [6.07, 6.45) is 34.6. The summed E-state index contributed by atoms with van der Waals surface area (Å²) >= 11 is 0. The van der Waals surface area contributed by atoms with Crippen molar-refractivity contribution in [2.24, 2.45) is 5.92 Å². The maximum Gasteiger partial charge on any atom is 0.472 e. The summed E-state index contributed by atoms with van der Waals surface area (Å²) in [6.45, 7) is 3.88. The van der Waals surface area contributed by atoms with E-state index in [1.165, 1.54) is 103 Å². The van der Waals surface area contributed by atoms with Gasteiger partial charge in [-0.25, -0.2) is 9.13 Å². The Morgan fingerprint density at radius 3 is 1.72 bits per heavy atom. The molecule has 14 nitrogen and oxygen atoms in total. The molecule has 0 aliphatic rings. The molecular weight excluding hydrogens is 826 g/mol. The van der Waals surface area contributed by atoms with Crippen LogP contribution in [0.1, 0.15) is 188 Å². The summed E-state index contributed by atoms with van der Waals surface area (Å²) in [4.78, 5) is 52.8. The zero-order valence-corrected chi connectivity index (χ0v) is 39.6. The van der Waals surface area contributed by atoms with Gasteiger partial charge in [-0.3, -0.25) is 23.2 Å². The van der Waals surface area contributed by atoms with Gasteiger partial charge >= 0.3 is 27.6 Å². The van der Waals surface area contributed by atoms with Crippen molar-refractivity contribution in [1.82, 2.24) is 0 Å². The van der Waals surface area contributed by atoms with Crippen LogP contribution in [0.2, 0.25) is 0 Å². The zero-order valence-electron chi connectivity index (χ0n) is 37.8. The number of unbranched alkanes of at least 4 members (excludes halogenated alkanes) is 18. The molecule has 0 rings (SSSR count). The Labute approximate surface area is 368 Å². The normalized spacial score (nSPS) is 14.9. The highest BCUT2D eigenvalue weighted by Crippen LogP contribution is 2.43. The number of carbonyl (C=O) groups is 2. The third kappa shape index (κ3) is 44.7. The molecule has 0 fully saturated rings. The van der Waals surface area contributed by atoms with Crippen LogP contribution in [0.25, 0.3) is 0 Å². The first-order chi connectivity index (χ1) is 29.1. The SMILES string of the molecule is CCCCCCCC/C=C/C/C=C/C=C/C(O)CCCC(=O)O[C@H](COC(=O)CCCCCCCCCCCCCCCC(C)C)COP(=O)(O)OC[C@@H](O)COP(=O)(O)O. The molecule has 0 radical (unpaired) electrons. The van der Waals surface area contributed by atoms with Crippen LogP contribution in [-0.4, -0.2) is 81.6 Å². The Morgan fingerprint density at radius 1 is 0.574 bits per heavy atom. The second-order valence-electron chi connectivity index (χ2n) is 16.4. The van der Waals surface area contributed by atoms with Gasteiger partial charge in [-0.15, -0.1) is 0 Å². The molecule has 4 atom stereocenters. The number of ether oxygens (including phenoxy) is 2. The quantitative estimate of drug-likeness (QED) is 0.0127.